The van der Waals surface area contributed by atoms with Gasteiger partial charge in [0.1, 0.15) is 17.6 Å². The third-order valence-corrected chi connectivity index (χ3v) is 2.58. The Morgan fingerprint density at radius 1 is 1.28 bits per heavy atom. The second-order valence-corrected chi connectivity index (χ2v) is 4.02. The minimum atomic E-state index is 0.464. The molecule has 0 fully saturated rings. The topological polar surface area (TPSA) is 64.9 Å². The van der Waals surface area contributed by atoms with Gasteiger partial charge in [0.25, 0.3) is 0 Å². The quantitative estimate of drug-likeness (QED) is 0.894. The van der Waals surface area contributed by atoms with Crippen molar-refractivity contribution >= 4 is 5.82 Å². The molecule has 0 aliphatic rings. The van der Waals surface area contributed by atoms with Crippen LogP contribution in [0.15, 0.2) is 24.3 Å². The summed E-state index contributed by atoms with van der Waals surface area (Å²) in [5.74, 6) is 2.11. The number of nitriles is 1. The summed E-state index contributed by atoms with van der Waals surface area (Å²) in [5.41, 5.74) is 1.38. The number of hydrogen-bond donors (Lipinski definition) is 1. The van der Waals surface area contributed by atoms with E-state index in [1.54, 1.807) is 7.11 Å². The third-order valence-electron chi connectivity index (χ3n) is 2.58. The molecule has 0 atom stereocenters. The van der Waals surface area contributed by atoms with Crippen molar-refractivity contribution in [2.45, 2.75) is 0 Å². The van der Waals surface area contributed by atoms with E-state index in [1.807, 2.05) is 43.3 Å². The van der Waals surface area contributed by atoms with Gasteiger partial charge in [-0.3, -0.25) is 0 Å². The Hall–Kier alpha value is -2.48. The molecular formula is C13H14N4O. The van der Waals surface area contributed by atoms with Gasteiger partial charge in [0.05, 0.1) is 7.11 Å². The average molecular weight is 242 g/mol. The highest BCUT2D eigenvalue weighted by Crippen LogP contribution is 2.24. The number of nitrogens with one attached hydrogen (secondary N) is 1. The van der Waals surface area contributed by atoms with Crippen LogP contribution in [0.5, 0.6) is 5.75 Å². The molecule has 0 unspecified atom stereocenters. The highest BCUT2D eigenvalue weighted by Gasteiger charge is 2.12. The fourth-order valence-corrected chi connectivity index (χ4v) is 1.65. The molecule has 1 aromatic heterocycles. The maximum Gasteiger partial charge on any atom is 0.165 e. The van der Waals surface area contributed by atoms with E-state index in [-0.39, 0.29) is 0 Å². The van der Waals surface area contributed by atoms with Crippen LogP contribution in [0.25, 0.3) is 11.4 Å². The zero-order chi connectivity index (χ0) is 13.1. The summed E-state index contributed by atoms with van der Waals surface area (Å²) < 4.78 is 5.10. The monoisotopic (exact) mass is 242 g/mol. The molecule has 1 aromatic carbocycles. The lowest BCUT2D eigenvalue weighted by Crippen LogP contribution is -2.10. The molecular weight excluding hydrogens is 228 g/mol. The van der Waals surface area contributed by atoms with Gasteiger partial charge in [-0.25, -0.2) is 4.98 Å². The molecule has 0 amide bonds. The van der Waals surface area contributed by atoms with Crippen LogP contribution in [-0.4, -0.2) is 31.2 Å². The van der Waals surface area contributed by atoms with Crippen molar-refractivity contribution in [3.63, 3.8) is 0 Å². The first kappa shape index (κ1) is 12.0. The fraction of sp³-hybridized carbons (Fsp3) is 0.231. The maximum atomic E-state index is 9.04. The number of methoxy groups -OCH3 is 1. The summed E-state index contributed by atoms with van der Waals surface area (Å²) in [7, 11) is 5.34. The van der Waals surface area contributed by atoms with E-state index >= 15 is 0 Å². The minimum absolute atomic E-state index is 0.464. The van der Waals surface area contributed by atoms with Crippen LogP contribution in [0.1, 0.15) is 5.69 Å². The Bertz CT molecular complexity index is 578. The zero-order valence-electron chi connectivity index (χ0n) is 10.6. The van der Waals surface area contributed by atoms with E-state index in [1.165, 1.54) is 0 Å². The summed E-state index contributed by atoms with van der Waals surface area (Å²) in [5, 5.41) is 9.04. The van der Waals surface area contributed by atoms with Crippen LogP contribution in [0, 0.1) is 11.3 Å². The van der Waals surface area contributed by atoms with E-state index in [0.29, 0.717) is 17.3 Å². The van der Waals surface area contributed by atoms with Gasteiger partial charge >= 0.3 is 0 Å². The predicted molar refractivity (Wildman–Crippen MR) is 69.6 cm³/mol. The minimum Gasteiger partial charge on any atom is -0.497 e. The summed E-state index contributed by atoms with van der Waals surface area (Å²) in [6.07, 6.45) is 0. The van der Waals surface area contributed by atoms with Crippen molar-refractivity contribution < 1.29 is 4.74 Å². The molecule has 0 aliphatic heterocycles. The van der Waals surface area contributed by atoms with E-state index in [0.717, 1.165) is 11.3 Å². The predicted octanol–water partition coefficient (Wildman–Crippen LogP) is 2.02. The normalized spacial score (nSPS) is 9.89. The molecule has 5 nitrogen and oxygen atoms in total. The summed E-state index contributed by atoms with van der Waals surface area (Å²) in [6, 6.07) is 9.63. The molecule has 0 saturated heterocycles. The first-order chi connectivity index (χ1) is 8.65. The second kappa shape index (κ2) is 4.80. The van der Waals surface area contributed by atoms with Crippen LogP contribution in [0.3, 0.4) is 0 Å². The second-order valence-electron chi connectivity index (χ2n) is 4.02. The Labute approximate surface area is 106 Å². The molecule has 0 saturated carbocycles. The smallest absolute Gasteiger partial charge is 0.165 e. The highest BCUT2D eigenvalue weighted by molar-refractivity contribution is 5.63. The number of H-pyrrole nitrogens is 1. The van der Waals surface area contributed by atoms with E-state index in [2.05, 4.69) is 16.0 Å². The van der Waals surface area contributed by atoms with Crippen molar-refractivity contribution in [3.8, 4) is 23.2 Å². The molecule has 0 bridgehead atoms. The third kappa shape index (κ3) is 2.13. The van der Waals surface area contributed by atoms with Gasteiger partial charge in [-0.05, 0) is 24.3 Å². The molecule has 2 aromatic rings. The highest BCUT2D eigenvalue weighted by atomic mass is 16.5. The van der Waals surface area contributed by atoms with Crippen LogP contribution in [0.4, 0.5) is 5.82 Å². The van der Waals surface area contributed by atoms with Crippen LogP contribution in [-0.2, 0) is 0 Å². The molecule has 0 radical (unpaired) electrons. The van der Waals surface area contributed by atoms with Crippen molar-refractivity contribution in [3.05, 3.63) is 30.0 Å². The van der Waals surface area contributed by atoms with Gasteiger partial charge in [-0.1, -0.05) is 0 Å². The molecule has 2 rings (SSSR count). The summed E-state index contributed by atoms with van der Waals surface area (Å²) in [6.45, 7) is 0. The fourth-order valence-electron chi connectivity index (χ4n) is 1.65. The van der Waals surface area contributed by atoms with Gasteiger partial charge in [0.2, 0.25) is 0 Å². The first-order valence-corrected chi connectivity index (χ1v) is 5.47. The molecule has 0 aliphatic carbocycles. The van der Waals surface area contributed by atoms with Gasteiger partial charge in [-0.2, -0.15) is 5.26 Å². The van der Waals surface area contributed by atoms with Crippen molar-refractivity contribution in [1.29, 1.82) is 5.26 Å². The number of aromatic nitrogens is 2. The average Bonchev–Trinajstić information content (AvgIpc) is 2.83. The Balaban J connectivity index is 2.41. The lowest BCUT2D eigenvalue weighted by atomic mass is 10.2. The van der Waals surface area contributed by atoms with Crippen LogP contribution in [0.2, 0.25) is 0 Å². The summed E-state index contributed by atoms with van der Waals surface area (Å²) >= 11 is 0. The maximum absolute atomic E-state index is 9.04. The number of anilines is 1. The number of benzene rings is 1. The SMILES string of the molecule is COc1ccc(-c2nc(N(C)C)c(C#N)[nH]2)cc1. The molecule has 5 heteroatoms. The standard InChI is InChI=1S/C13H14N4O/c1-17(2)13-11(8-14)15-12(16-13)9-4-6-10(18-3)7-5-9/h4-7H,1-3H3,(H,15,16). The van der Waals surface area contributed by atoms with E-state index in [9.17, 15) is 0 Å². The van der Waals surface area contributed by atoms with Crippen molar-refractivity contribution in [2.24, 2.45) is 0 Å². The largest absolute Gasteiger partial charge is 0.497 e. The Kier molecular flexibility index (Phi) is 3.20. The lowest BCUT2D eigenvalue weighted by Gasteiger charge is -2.07. The van der Waals surface area contributed by atoms with Crippen LogP contribution >= 0.6 is 0 Å². The number of ether oxygens (including phenoxy) is 1. The Morgan fingerprint density at radius 3 is 2.39 bits per heavy atom. The van der Waals surface area contributed by atoms with Crippen molar-refractivity contribution in [1.82, 2.24) is 9.97 Å². The van der Waals surface area contributed by atoms with E-state index in [4.69, 9.17) is 10.00 Å². The first-order valence-electron chi connectivity index (χ1n) is 5.47. The van der Waals surface area contributed by atoms with Gasteiger partial charge < -0.3 is 14.6 Å². The van der Waals surface area contributed by atoms with Gasteiger partial charge in [0.15, 0.2) is 11.5 Å². The van der Waals surface area contributed by atoms with Crippen LogP contribution < -0.4 is 9.64 Å². The number of imidazole rings is 1. The molecule has 1 heterocycles. The van der Waals surface area contributed by atoms with Gasteiger partial charge in [-0.15, -0.1) is 0 Å². The number of nitrogens with zero attached hydrogens (tertiary/aromatic N) is 3. The number of hydrogen-bond acceptors (Lipinski definition) is 4. The summed E-state index contributed by atoms with van der Waals surface area (Å²) in [4.78, 5) is 9.23. The van der Waals surface area contributed by atoms with Gasteiger partial charge in [0, 0.05) is 19.7 Å². The number of rotatable bonds is 3. The Morgan fingerprint density at radius 2 is 1.94 bits per heavy atom. The lowest BCUT2D eigenvalue weighted by molar-refractivity contribution is 0.415. The molecule has 0 spiro atoms. The molecule has 92 valence electrons. The number of aromatic amines is 1. The van der Waals surface area contributed by atoms with Crippen molar-refractivity contribution in [2.75, 3.05) is 26.1 Å². The molecule has 1 N–H and O–H groups in total. The zero-order valence-corrected chi connectivity index (χ0v) is 10.6. The van der Waals surface area contributed by atoms with E-state index < -0.39 is 0 Å². The molecule has 18 heavy (non-hydrogen) atoms.